The number of hydrogen-bond acceptors (Lipinski definition) is 3. The van der Waals surface area contributed by atoms with Crippen molar-refractivity contribution < 1.29 is 9.53 Å². The second-order valence-corrected chi connectivity index (χ2v) is 6.43. The van der Waals surface area contributed by atoms with Gasteiger partial charge in [0.25, 0.3) is 0 Å². The lowest BCUT2D eigenvalue weighted by molar-refractivity contribution is 0.148. The molecule has 2 aliphatic heterocycles. The fraction of sp³-hybridized carbons (Fsp3) is 0.316. The van der Waals surface area contributed by atoms with Gasteiger partial charge in [0.15, 0.2) is 0 Å². The van der Waals surface area contributed by atoms with E-state index < -0.39 is 0 Å². The average Bonchev–Trinajstić information content (AvgIpc) is 2.94. The van der Waals surface area contributed by atoms with Crippen LogP contribution in [0, 0.1) is 0 Å². The van der Waals surface area contributed by atoms with Gasteiger partial charge < -0.3 is 9.64 Å². The fourth-order valence-corrected chi connectivity index (χ4v) is 3.63. The summed E-state index contributed by atoms with van der Waals surface area (Å²) in [5.74, 6) is 0. The zero-order valence-electron chi connectivity index (χ0n) is 13.4. The second kappa shape index (κ2) is 5.30. The number of hydrogen-bond donors (Lipinski definition) is 0. The van der Waals surface area contributed by atoms with Gasteiger partial charge in [-0.2, -0.15) is 0 Å². The molecule has 1 saturated heterocycles. The molecule has 1 fully saturated rings. The number of cyclic esters (lactones) is 1. The summed E-state index contributed by atoms with van der Waals surface area (Å²) in [7, 11) is 4.05. The van der Waals surface area contributed by atoms with Gasteiger partial charge in [0.05, 0.1) is 12.1 Å². The standard InChI is InChI=1S/C19H20N2O2/c1-20(2)15-9-7-13(8-10-15)18-17-6-4-3-5-14(17)11-16-12-23-19(22)21(16)18/h3-10,16,18H,11-12H2,1-2H3/t16-,18+/m0/s1. The molecule has 23 heavy (non-hydrogen) atoms. The molecule has 0 aromatic heterocycles. The highest BCUT2D eigenvalue weighted by molar-refractivity contribution is 5.73. The number of nitrogens with zero attached hydrogens (tertiary/aromatic N) is 2. The van der Waals surface area contributed by atoms with E-state index in [1.54, 1.807) is 0 Å². The molecular weight excluding hydrogens is 288 g/mol. The molecule has 4 rings (SSSR count). The van der Waals surface area contributed by atoms with Gasteiger partial charge >= 0.3 is 6.09 Å². The van der Waals surface area contributed by atoms with Crippen LogP contribution in [0.15, 0.2) is 48.5 Å². The van der Waals surface area contributed by atoms with Crippen molar-refractivity contribution in [3.8, 4) is 0 Å². The second-order valence-electron chi connectivity index (χ2n) is 6.43. The maximum absolute atomic E-state index is 12.3. The maximum Gasteiger partial charge on any atom is 0.411 e. The number of ether oxygens (including phenoxy) is 1. The Kier molecular flexibility index (Phi) is 3.26. The highest BCUT2D eigenvalue weighted by Gasteiger charge is 2.43. The van der Waals surface area contributed by atoms with Gasteiger partial charge in [0.1, 0.15) is 6.61 Å². The van der Waals surface area contributed by atoms with Gasteiger partial charge in [-0.1, -0.05) is 36.4 Å². The first-order valence-corrected chi connectivity index (χ1v) is 7.95. The number of carbonyl (C=O) groups excluding carboxylic acids is 1. The summed E-state index contributed by atoms with van der Waals surface area (Å²) < 4.78 is 5.32. The first-order chi connectivity index (χ1) is 11.1. The van der Waals surface area contributed by atoms with Gasteiger partial charge in [0, 0.05) is 19.8 Å². The summed E-state index contributed by atoms with van der Waals surface area (Å²) in [5.41, 5.74) is 4.80. The van der Waals surface area contributed by atoms with Crippen LogP contribution >= 0.6 is 0 Å². The van der Waals surface area contributed by atoms with Crippen molar-refractivity contribution in [2.75, 3.05) is 25.6 Å². The number of rotatable bonds is 2. The van der Waals surface area contributed by atoms with Crippen molar-refractivity contribution in [3.63, 3.8) is 0 Å². The van der Waals surface area contributed by atoms with E-state index in [2.05, 4.69) is 47.4 Å². The topological polar surface area (TPSA) is 32.8 Å². The molecule has 0 N–H and O–H groups in total. The van der Waals surface area contributed by atoms with E-state index in [4.69, 9.17) is 4.74 Å². The van der Waals surface area contributed by atoms with Gasteiger partial charge in [-0.05, 0) is 35.2 Å². The predicted octanol–water partition coefficient (Wildman–Crippen LogP) is 3.22. The third kappa shape index (κ3) is 2.25. The molecule has 1 amide bonds. The summed E-state index contributed by atoms with van der Waals surface area (Å²) in [5, 5.41) is 0. The zero-order valence-corrected chi connectivity index (χ0v) is 13.4. The number of amides is 1. The molecule has 4 heteroatoms. The number of fused-ring (bicyclic) bond motifs is 2. The van der Waals surface area contributed by atoms with Crippen LogP contribution in [-0.2, 0) is 11.2 Å². The third-order valence-corrected chi connectivity index (χ3v) is 4.81. The van der Waals surface area contributed by atoms with Crippen molar-refractivity contribution >= 4 is 11.8 Å². The van der Waals surface area contributed by atoms with Gasteiger partial charge in [-0.15, -0.1) is 0 Å². The molecule has 118 valence electrons. The smallest absolute Gasteiger partial charge is 0.411 e. The third-order valence-electron chi connectivity index (χ3n) is 4.81. The first-order valence-electron chi connectivity index (χ1n) is 7.95. The Balaban J connectivity index is 1.81. The van der Waals surface area contributed by atoms with Gasteiger partial charge in [-0.25, -0.2) is 4.79 Å². The SMILES string of the molecule is CN(C)c1ccc([C@@H]2c3ccccc3C[C@H]3COC(=O)N32)cc1. The normalized spacial score (nSPS) is 22.3. The Morgan fingerprint density at radius 3 is 2.57 bits per heavy atom. The van der Waals surface area contributed by atoms with Crippen molar-refractivity contribution in [2.24, 2.45) is 0 Å². The summed E-state index contributed by atoms with van der Waals surface area (Å²) in [6, 6.07) is 16.9. The molecule has 0 unspecified atom stereocenters. The fourth-order valence-electron chi connectivity index (χ4n) is 3.63. The summed E-state index contributed by atoms with van der Waals surface area (Å²) in [6.07, 6.45) is 0.667. The zero-order chi connectivity index (χ0) is 16.0. The lowest BCUT2D eigenvalue weighted by Gasteiger charge is -2.37. The van der Waals surface area contributed by atoms with E-state index in [0.29, 0.717) is 6.61 Å². The van der Waals surface area contributed by atoms with Crippen LogP contribution in [-0.4, -0.2) is 37.7 Å². The summed E-state index contributed by atoms with van der Waals surface area (Å²) in [4.78, 5) is 16.3. The maximum atomic E-state index is 12.3. The Labute approximate surface area is 136 Å². The van der Waals surface area contributed by atoms with Crippen LogP contribution < -0.4 is 4.90 Å². The Bertz CT molecular complexity index is 739. The molecule has 0 bridgehead atoms. The number of benzene rings is 2. The van der Waals surface area contributed by atoms with E-state index >= 15 is 0 Å². The predicted molar refractivity (Wildman–Crippen MR) is 89.7 cm³/mol. The van der Waals surface area contributed by atoms with Crippen molar-refractivity contribution in [3.05, 3.63) is 65.2 Å². The molecule has 4 nitrogen and oxygen atoms in total. The largest absolute Gasteiger partial charge is 0.447 e. The molecule has 2 heterocycles. The first kappa shape index (κ1) is 14.1. The molecule has 0 aliphatic carbocycles. The van der Waals surface area contributed by atoms with Crippen LogP contribution in [0.5, 0.6) is 0 Å². The number of anilines is 1. The Morgan fingerprint density at radius 1 is 1.09 bits per heavy atom. The quantitative estimate of drug-likeness (QED) is 0.854. The number of carbonyl (C=O) groups is 1. The Morgan fingerprint density at radius 2 is 1.83 bits per heavy atom. The lowest BCUT2D eigenvalue weighted by atomic mass is 9.85. The molecule has 0 spiro atoms. The van der Waals surface area contributed by atoms with Crippen LogP contribution in [0.1, 0.15) is 22.7 Å². The highest BCUT2D eigenvalue weighted by atomic mass is 16.6. The van der Waals surface area contributed by atoms with Crippen LogP contribution in [0.25, 0.3) is 0 Å². The minimum absolute atomic E-state index is 0.0591. The summed E-state index contributed by atoms with van der Waals surface area (Å²) in [6.45, 7) is 0.486. The van der Waals surface area contributed by atoms with E-state index in [9.17, 15) is 4.79 Å². The molecule has 2 aromatic carbocycles. The van der Waals surface area contributed by atoms with Crippen molar-refractivity contribution in [2.45, 2.75) is 18.5 Å². The van der Waals surface area contributed by atoms with Crippen LogP contribution in [0.2, 0.25) is 0 Å². The van der Waals surface area contributed by atoms with E-state index in [1.165, 1.54) is 11.1 Å². The minimum Gasteiger partial charge on any atom is -0.447 e. The highest BCUT2D eigenvalue weighted by Crippen LogP contribution is 2.40. The van der Waals surface area contributed by atoms with Crippen LogP contribution in [0.3, 0.4) is 0 Å². The van der Waals surface area contributed by atoms with Gasteiger partial charge in [-0.3, -0.25) is 4.90 Å². The molecule has 0 radical (unpaired) electrons. The summed E-state index contributed by atoms with van der Waals surface area (Å²) >= 11 is 0. The van der Waals surface area contributed by atoms with E-state index in [0.717, 1.165) is 17.7 Å². The molecule has 2 aliphatic rings. The van der Waals surface area contributed by atoms with Crippen molar-refractivity contribution in [1.82, 2.24) is 4.90 Å². The minimum atomic E-state index is -0.203. The van der Waals surface area contributed by atoms with Gasteiger partial charge in [0.2, 0.25) is 0 Å². The van der Waals surface area contributed by atoms with Crippen LogP contribution in [0.4, 0.5) is 10.5 Å². The van der Waals surface area contributed by atoms with Crippen molar-refractivity contribution in [1.29, 1.82) is 0 Å². The van der Waals surface area contributed by atoms with E-state index in [-0.39, 0.29) is 18.2 Å². The molecule has 2 atom stereocenters. The Hall–Kier alpha value is -2.49. The molecule has 0 saturated carbocycles. The average molecular weight is 308 g/mol. The lowest BCUT2D eigenvalue weighted by Crippen LogP contribution is -2.42. The molecular formula is C19H20N2O2. The van der Waals surface area contributed by atoms with E-state index in [1.807, 2.05) is 25.1 Å². The monoisotopic (exact) mass is 308 g/mol. The molecule has 2 aromatic rings.